The molecule has 0 saturated heterocycles. The molecular weight excluding hydrogens is 183 g/mol. The molecule has 0 N–H and O–H groups in total. The molecule has 0 atom stereocenters. The summed E-state index contributed by atoms with van der Waals surface area (Å²) < 4.78 is 0. The summed E-state index contributed by atoms with van der Waals surface area (Å²) in [6.45, 7) is 3.49. The van der Waals surface area contributed by atoms with E-state index in [4.69, 9.17) is 23.2 Å². The summed E-state index contributed by atoms with van der Waals surface area (Å²) in [5.74, 6) is 0. The topological polar surface area (TPSA) is 0 Å². The van der Waals surface area contributed by atoms with Crippen molar-refractivity contribution in [1.29, 1.82) is 0 Å². The van der Waals surface area contributed by atoms with Gasteiger partial charge in [0.25, 0.3) is 0 Å². The van der Waals surface area contributed by atoms with Gasteiger partial charge in [0.15, 0.2) is 0 Å². The van der Waals surface area contributed by atoms with Gasteiger partial charge in [-0.05, 0) is 18.2 Å². The van der Waals surface area contributed by atoms with Crippen LogP contribution in [0.15, 0.2) is 34.9 Å². The van der Waals surface area contributed by atoms with Gasteiger partial charge in [-0.25, -0.2) is 0 Å². The third-order valence-corrected chi connectivity index (χ3v) is 2.62. The van der Waals surface area contributed by atoms with Gasteiger partial charge < -0.3 is 0 Å². The lowest BCUT2D eigenvalue weighted by atomic mass is 10.4. The Balaban J connectivity index is 3.82. The van der Waals surface area contributed by atoms with E-state index in [0.29, 0.717) is 5.03 Å². The summed E-state index contributed by atoms with van der Waals surface area (Å²) in [6, 6.07) is 0.987. The SMILES string of the molecule is C=C(Cl)/C=C\C=C(\Cl)C[SiH3]. The van der Waals surface area contributed by atoms with E-state index in [2.05, 4.69) is 6.58 Å². The van der Waals surface area contributed by atoms with Crippen LogP contribution in [0.5, 0.6) is 0 Å². The van der Waals surface area contributed by atoms with E-state index in [1.165, 1.54) is 0 Å². The summed E-state index contributed by atoms with van der Waals surface area (Å²) >= 11 is 11.2. The van der Waals surface area contributed by atoms with Crippen LogP contribution in [0, 0.1) is 0 Å². The molecule has 0 spiro atoms. The Bertz CT molecular complexity index is 170. The summed E-state index contributed by atoms with van der Waals surface area (Å²) in [5.41, 5.74) is 0. The quantitative estimate of drug-likeness (QED) is 0.476. The summed E-state index contributed by atoms with van der Waals surface area (Å²) in [5, 5.41) is 1.40. The van der Waals surface area contributed by atoms with Crippen LogP contribution >= 0.6 is 23.2 Å². The van der Waals surface area contributed by atoms with Crippen molar-refractivity contribution in [3.63, 3.8) is 0 Å². The van der Waals surface area contributed by atoms with Gasteiger partial charge in [0, 0.05) is 20.3 Å². The molecule has 56 valence electrons. The molecule has 0 aromatic carbocycles. The molecule has 0 heterocycles. The Morgan fingerprint density at radius 1 is 1.50 bits per heavy atom. The molecule has 0 aliphatic rings. The van der Waals surface area contributed by atoms with Gasteiger partial charge in [-0.2, -0.15) is 0 Å². The minimum Gasteiger partial charge on any atom is -0.0895 e. The van der Waals surface area contributed by atoms with Crippen molar-refractivity contribution in [1.82, 2.24) is 0 Å². The lowest BCUT2D eigenvalue weighted by Gasteiger charge is -1.85. The van der Waals surface area contributed by atoms with Gasteiger partial charge in [-0.1, -0.05) is 35.9 Å². The molecule has 10 heavy (non-hydrogen) atoms. The smallest absolute Gasteiger partial charge is 0.0334 e. The Morgan fingerprint density at radius 3 is 2.50 bits per heavy atom. The molecule has 0 nitrogen and oxygen atoms in total. The molecule has 0 aliphatic carbocycles. The predicted octanol–water partition coefficient (Wildman–Crippen LogP) is 2.20. The Hall–Kier alpha value is 0.0169. The second-order valence-electron chi connectivity index (χ2n) is 1.77. The molecular formula is C7H10Cl2Si. The standard InChI is InChI=1S/C7H10Cl2Si/c1-6(8)3-2-4-7(9)5-10/h2-4H,1,5H2,10H3/b3-2-,7-4+. The van der Waals surface area contributed by atoms with Gasteiger partial charge in [-0.3, -0.25) is 0 Å². The van der Waals surface area contributed by atoms with Crippen molar-refractivity contribution >= 4 is 33.4 Å². The number of rotatable bonds is 3. The van der Waals surface area contributed by atoms with Crippen molar-refractivity contribution in [2.24, 2.45) is 0 Å². The van der Waals surface area contributed by atoms with Crippen molar-refractivity contribution < 1.29 is 0 Å². The molecule has 0 rings (SSSR count). The van der Waals surface area contributed by atoms with Crippen molar-refractivity contribution in [3.8, 4) is 0 Å². The third-order valence-electron chi connectivity index (χ3n) is 0.892. The second kappa shape index (κ2) is 5.78. The van der Waals surface area contributed by atoms with E-state index in [9.17, 15) is 0 Å². The van der Waals surface area contributed by atoms with E-state index in [-0.39, 0.29) is 0 Å². The predicted molar refractivity (Wildman–Crippen MR) is 52.8 cm³/mol. The lowest BCUT2D eigenvalue weighted by molar-refractivity contribution is 1.63. The van der Waals surface area contributed by atoms with Crippen LogP contribution < -0.4 is 0 Å². The molecule has 3 heteroatoms. The fourth-order valence-corrected chi connectivity index (χ4v) is 0.756. The minimum atomic E-state index is 0.522. The minimum absolute atomic E-state index is 0.522. The highest BCUT2D eigenvalue weighted by molar-refractivity contribution is 6.34. The highest BCUT2D eigenvalue weighted by Gasteiger charge is 1.81. The maximum atomic E-state index is 5.72. The van der Waals surface area contributed by atoms with Crippen LogP contribution in [0.25, 0.3) is 0 Å². The van der Waals surface area contributed by atoms with Crippen molar-refractivity contribution in [3.05, 3.63) is 34.9 Å². The molecule has 0 radical (unpaired) electrons. The van der Waals surface area contributed by atoms with E-state index in [0.717, 1.165) is 21.3 Å². The average Bonchev–Trinajstić information content (AvgIpc) is 1.87. The molecule has 0 fully saturated rings. The first-order valence-corrected chi connectivity index (χ1v) is 5.21. The van der Waals surface area contributed by atoms with Crippen LogP contribution in [0.3, 0.4) is 0 Å². The Morgan fingerprint density at radius 2 is 2.10 bits per heavy atom. The van der Waals surface area contributed by atoms with Gasteiger partial charge in [0.1, 0.15) is 0 Å². The number of hydrogen-bond acceptors (Lipinski definition) is 0. The van der Waals surface area contributed by atoms with E-state index in [1.54, 1.807) is 12.2 Å². The molecule has 0 aromatic heterocycles. The number of allylic oxidation sites excluding steroid dienone is 5. The monoisotopic (exact) mass is 192 g/mol. The summed E-state index contributed by atoms with van der Waals surface area (Å²) in [6.07, 6.45) is 5.35. The van der Waals surface area contributed by atoms with Crippen LogP contribution in [0.4, 0.5) is 0 Å². The maximum Gasteiger partial charge on any atom is 0.0334 e. The lowest BCUT2D eigenvalue weighted by Crippen LogP contribution is -1.66. The Labute approximate surface area is 74.6 Å². The fourth-order valence-electron chi connectivity index (χ4n) is 0.375. The molecule has 0 unspecified atom stereocenters. The highest BCUT2D eigenvalue weighted by Crippen LogP contribution is 2.06. The largest absolute Gasteiger partial charge is 0.0895 e. The highest BCUT2D eigenvalue weighted by atomic mass is 35.5. The van der Waals surface area contributed by atoms with Crippen molar-refractivity contribution in [2.45, 2.75) is 6.04 Å². The van der Waals surface area contributed by atoms with Gasteiger partial charge in [-0.15, -0.1) is 0 Å². The zero-order valence-corrected chi connectivity index (χ0v) is 9.41. The van der Waals surface area contributed by atoms with Gasteiger partial charge in [0.05, 0.1) is 0 Å². The van der Waals surface area contributed by atoms with Crippen LogP contribution in [0.2, 0.25) is 6.04 Å². The third kappa shape index (κ3) is 6.14. The molecule has 0 aromatic rings. The van der Waals surface area contributed by atoms with E-state index < -0.39 is 0 Å². The zero-order chi connectivity index (χ0) is 7.98. The van der Waals surface area contributed by atoms with E-state index >= 15 is 0 Å². The van der Waals surface area contributed by atoms with E-state index in [1.807, 2.05) is 6.08 Å². The first kappa shape index (κ1) is 10.0. The molecule has 0 aliphatic heterocycles. The van der Waals surface area contributed by atoms with Gasteiger partial charge in [0.2, 0.25) is 0 Å². The number of hydrogen-bond donors (Lipinski definition) is 0. The number of halogens is 2. The van der Waals surface area contributed by atoms with Crippen LogP contribution in [-0.2, 0) is 0 Å². The molecule has 0 bridgehead atoms. The second-order valence-corrected chi connectivity index (χ2v) is 3.45. The normalized spacial score (nSPS) is 12.8. The van der Waals surface area contributed by atoms with Gasteiger partial charge >= 0.3 is 0 Å². The molecule has 0 amide bonds. The summed E-state index contributed by atoms with van der Waals surface area (Å²) in [4.78, 5) is 0. The molecule has 0 saturated carbocycles. The van der Waals surface area contributed by atoms with Crippen LogP contribution in [-0.4, -0.2) is 10.2 Å². The first-order chi connectivity index (χ1) is 4.66. The maximum absolute atomic E-state index is 5.72. The Kier molecular flexibility index (Phi) is 5.79. The average molecular weight is 193 g/mol. The van der Waals surface area contributed by atoms with Crippen LogP contribution in [0.1, 0.15) is 0 Å². The first-order valence-electron chi connectivity index (χ1n) is 3.04. The fraction of sp³-hybridized carbons (Fsp3) is 0.143. The zero-order valence-electron chi connectivity index (χ0n) is 5.90. The van der Waals surface area contributed by atoms with Crippen molar-refractivity contribution in [2.75, 3.05) is 0 Å². The summed E-state index contributed by atoms with van der Waals surface area (Å²) in [7, 11) is 1.10.